The molecule has 1 rings (SSSR count). The summed E-state index contributed by atoms with van der Waals surface area (Å²) in [7, 11) is 0. The van der Waals surface area contributed by atoms with E-state index in [0.29, 0.717) is 6.61 Å². The van der Waals surface area contributed by atoms with E-state index >= 15 is 0 Å². The van der Waals surface area contributed by atoms with Gasteiger partial charge in [-0.1, -0.05) is 6.07 Å². The molecule has 1 atom stereocenters. The Morgan fingerprint density at radius 1 is 1.47 bits per heavy atom. The van der Waals surface area contributed by atoms with Crippen LogP contribution in [0.4, 0.5) is 4.39 Å². The van der Waals surface area contributed by atoms with Crippen LogP contribution in [0.5, 0.6) is 0 Å². The van der Waals surface area contributed by atoms with Gasteiger partial charge in [0.25, 0.3) is 0 Å². The van der Waals surface area contributed by atoms with Gasteiger partial charge in [0, 0.05) is 19.3 Å². The Morgan fingerprint density at radius 3 is 2.88 bits per heavy atom. The van der Waals surface area contributed by atoms with E-state index < -0.39 is 0 Å². The molecule has 96 valence electrons. The highest BCUT2D eigenvalue weighted by Gasteiger charge is 2.12. The number of hydrogen-bond donors (Lipinski definition) is 2. The van der Waals surface area contributed by atoms with Crippen molar-refractivity contribution in [2.45, 2.75) is 32.7 Å². The van der Waals surface area contributed by atoms with Crippen molar-refractivity contribution in [3.8, 4) is 0 Å². The van der Waals surface area contributed by atoms with Gasteiger partial charge in [-0.2, -0.15) is 0 Å². The van der Waals surface area contributed by atoms with Crippen molar-refractivity contribution in [2.24, 2.45) is 5.84 Å². The first-order valence-corrected chi connectivity index (χ1v) is 5.99. The molecule has 1 aromatic rings. The summed E-state index contributed by atoms with van der Waals surface area (Å²) in [5, 5.41) is 0. The molecule has 0 aliphatic carbocycles. The Morgan fingerprint density at radius 2 is 2.24 bits per heavy atom. The van der Waals surface area contributed by atoms with Crippen molar-refractivity contribution in [2.75, 3.05) is 13.2 Å². The Labute approximate surface area is 102 Å². The third-order valence-electron chi connectivity index (χ3n) is 2.80. The molecule has 0 heterocycles. The molecular formula is C13H21FN2O. The number of aryl methyl sites for hydroxylation is 1. The molecule has 0 saturated heterocycles. The third-order valence-corrected chi connectivity index (χ3v) is 2.80. The Bertz CT molecular complexity index is 344. The fraction of sp³-hybridized carbons (Fsp3) is 0.538. The minimum atomic E-state index is -0.226. The van der Waals surface area contributed by atoms with Crippen LogP contribution in [0.3, 0.4) is 0 Å². The molecule has 3 N–H and O–H groups in total. The zero-order chi connectivity index (χ0) is 12.7. The van der Waals surface area contributed by atoms with Gasteiger partial charge in [-0.05, 0) is 49.9 Å². The topological polar surface area (TPSA) is 47.3 Å². The number of halogens is 1. The summed E-state index contributed by atoms with van der Waals surface area (Å²) in [5.41, 5.74) is 4.71. The molecular weight excluding hydrogens is 219 g/mol. The van der Waals surface area contributed by atoms with Gasteiger partial charge in [-0.25, -0.2) is 4.39 Å². The lowest BCUT2D eigenvalue weighted by Gasteiger charge is -2.18. The summed E-state index contributed by atoms with van der Waals surface area (Å²) >= 11 is 0. The van der Waals surface area contributed by atoms with Crippen LogP contribution in [0.15, 0.2) is 18.2 Å². The Hall–Kier alpha value is -0.970. The average molecular weight is 240 g/mol. The number of hydrazine groups is 1. The first kappa shape index (κ1) is 14.1. The fourth-order valence-corrected chi connectivity index (χ4v) is 1.85. The first-order valence-electron chi connectivity index (χ1n) is 5.99. The van der Waals surface area contributed by atoms with E-state index in [-0.39, 0.29) is 11.9 Å². The molecule has 0 aliphatic heterocycles. The molecule has 1 aromatic carbocycles. The second kappa shape index (κ2) is 7.37. The minimum absolute atomic E-state index is 0.0221. The average Bonchev–Trinajstić information content (AvgIpc) is 2.33. The van der Waals surface area contributed by atoms with Crippen LogP contribution in [0.1, 0.15) is 36.9 Å². The molecule has 0 spiro atoms. The van der Waals surface area contributed by atoms with Crippen molar-refractivity contribution in [3.63, 3.8) is 0 Å². The molecule has 0 saturated carbocycles. The van der Waals surface area contributed by atoms with Crippen molar-refractivity contribution in [1.82, 2.24) is 5.43 Å². The molecule has 3 nitrogen and oxygen atoms in total. The maximum absolute atomic E-state index is 13.2. The fourth-order valence-electron chi connectivity index (χ4n) is 1.85. The van der Waals surface area contributed by atoms with Gasteiger partial charge in [0.1, 0.15) is 5.82 Å². The van der Waals surface area contributed by atoms with E-state index in [1.807, 2.05) is 13.8 Å². The van der Waals surface area contributed by atoms with E-state index in [1.54, 1.807) is 12.1 Å². The zero-order valence-electron chi connectivity index (χ0n) is 10.5. The van der Waals surface area contributed by atoms with Crippen molar-refractivity contribution >= 4 is 0 Å². The molecule has 17 heavy (non-hydrogen) atoms. The maximum Gasteiger partial charge on any atom is 0.123 e. The number of nitrogens with one attached hydrogen (secondary N) is 1. The van der Waals surface area contributed by atoms with Gasteiger partial charge in [-0.3, -0.25) is 11.3 Å². The molecule has 4 heteroatoms. The summed E-state index contributed by atoms with van der Waals surface area (Å²) < 4.78 is 18.5. The summed E-state index contributed by atoms with van der Waals surface area (Å²) in [6.45, 7) is 5.36. The second-order valence-electron chi connectivity index (χ2n) is 4.06. The van der Waals surface area contributed by atoms with E-state index in [0.717, 1.165) is 30.6 Å². The van der Waals surface area contributed by atoms with Crippen LogP contribution in [-0.2, 0) is 4.74 Å². The highest BCUT2D eigenvalue weighted by Crippen LogP contribution is 2.22. The number of ether oxygens (including phenoxy) is 1. The van der Waals surface area contributed by atoms with Crippen LogP contribution in [0, 0.1) is 12.7 Å². The quantitative estimate of drug-likeness (QED) is 0.437. The van der Waals surface area contributed by atoms with Gasteiger partial charge < -0.3 is 4.74 Å². The van der Waals surface area contributed by atoms with Crippen LogP contribution < -0.4 is 11.3 Å². The zero-order valence-corrected chi connectivity index (χ0v) is 10.5. The van der Waals surface area contributed by atoms with Crippen LogP contribution in [0.2, 0.25) is 0 Å². The SMILES string of the molecule is CCOCCCC(NN)c1cc(F)ccc1C. The minimum Gasteiger partial charge on any atom is -0.382 e. The van der Waals surface area contributed by atoms with E-state index in [2.05, 4.69) is 5.43 Å². The van der Waals surface area contributed by atoms with Gasteiger partial charge in [0.05, 0.1) is 0 Å². The lowest BCUT2D eigenvalue weighted by Crippen LogP contribution is -2.28. The van der Waals surface area contributed by atoms with E-state index in [1.165, 1.54) is 6.07 Å². The van der Waals surface area contributed by atoms with Crippen LogP contribution in [-0.4, -0.2) is 13.2 Å². The summed E-state index contributed by atoms with van der Waals surface area (Å²) in [5.74, 6) is 5.30. The van der Waals surface area contributed by atoms with E-state index in [9.17, 15) is 4.39 Å². The maximum atomic E-state index is 13.2. The molecule has 0 aliphatic rings. The van der Waals surface area contributed by atoms with Crippen molar-refractivity contribution in [1.29, 1.82) is 0 Å². The molecule has 0 fully saturated rings. The Kier molecular flexibility index (Phi) is 6.11. The summed E-state index contributed by atoms with van der Waals surface area (Å²) in [6, 6.07) is 4.76. The Balaban J connectivity index is 2.62. The highest BCUT2D eigenvalue weighted by molar-refractivity contribution is 5.29. The second-order valence-corrected chi connectivity index (χ2v) is 4.06. The predicted octanol–water partition coefficient (Wildman–Crippen LogP) is 2.46. The predicted molar refractivity (Wildman–Crippen MR) is 66.9 cm³/mol. The van der Waals surface area contributed by atoms with Gasteiger partial charge in [0.2, 0.25) is 0 Å². The monoisotopic (exact) mass is 240 g/mol. The summed E-state index contributed by atoms with van der Waals surface area (Å²) in [4.78, 5) is 0. The number of nitrogens with two attached hydrogens (primary N) is 1. The molecule has 1 unspecified atom stereocenters. The highest BCUT2D eigenvalue weighted by atomic mass is 19.1. The lowest BCUT2D eigenvalue weighted by molar-refractivity contribution is 0.141. The first-order chi connectivity index (χ1) is 8.19. The number of rotatable bonds is 7. The molecule has 0 amide bonds. The van der Waals surface area contributed by atoms with Crippen molar-refractivity contribution in [3.05, 3.63) is 35.1 Å². The van der Waals surface area contributed by atoms with Gasteiger partial charge in [-0.15, -0.1) is 0 Å². The summed E-state index contributed by atoms with van der Waals surface area (Å²) in [6.07, 6.45) is 1.74. The standard InChI is InChI=1S/C13H21FN2O/c1-3-17-8-4-5-13(16-15)12-9-11(14)7-6-10(12)2/h6-7,9,13,16H,3-5,8,15H2,1-2H3. The molecule has 0 radical (unpaired) electrons. The number of hydrogen-bond acceptors (Lipinski definition) is 3. The lowest BCUT2D eigenvalue weighted by atomic mass is 9.98. The van der Waals surface area contributed by atoms with Crippen molar-refractivity contribution < 1.29 is 9.13 Å². The van der Waals surface area contributed by atoms with Crippen LogP contribution >= 0.6 is 0 Å². The van der Waals surface area contributed by atoms with Gasteiger partial charge in [0.15, 0.2) is 0 Å². The number of benzene rings is 1. The molecule has 0 aromatic heterocycles. The smallest absolute Gasteiger partial charge is 0.123 e. The van der Waals surface area contributed by atoms with Crippen LogP contribution in [0.25, 0.3) is 0 Å². The largest absolute Gasteiger partial charge is 0.382 e. The molecule has 0 bridgehead atoms. The van der Waals surface area contributed by atoms with Gasteiger partial charge >= 0.3 is 0 Å². The third kappa shape index (κ3) is 4.42. The van der Waals surface area contributed by atoms with E-state index in [4.69, 9.17) is 10.6 Å². The normalized spacial score (nSPS) is 12.7.